The van der Waals surface area contributed by atoms with Gasteiger partial charge in [-0.25, -0.2) is 0 Å². The molecule has 0 amide bonds. The second-order valence-corrected chi connectivity index (χ2v) is 3.60. The molecule has 0 aliphatic rings. The fourth-order valence-corrected chi connectivity index (χ4v) is 1.65. The number of alkyl halides is 1. The maximum Gasteiger partial charge on any atom is 0.121 e. The van der Waals surface area contributed by atoms with Crippen molar-refractivity contribution in [3.63, 3.8) is 0 Å². The van der Waals surface area contributed by atoms with Crippen LogP contribution in [0.3, 0.4) is 0 Å². The number of benzene rings is 1. The molecule has 0 saturated heterocycles. The summed E-state index contributed by atoms with van der Waals surface area (Å²) in [5.74, 6) is 0.844. The van der Waals surface area contributed by atoms with Gasteiger partial charge in [-0.1, -0.05) is 15.9 Å². The molecule has 0 bridgehead atoms. The van der Waals surface area contributed by atoms with Gasteiger partial charge in [0.15, 0.2) is 0 Å². The number of pyridine rings is 1. The van der Waals surface area contributed by atoms with Crippen molar-refractivity contribution in [2.45, 2.75) is 5.33 Å². The van der Waals surface area contributed by atoms with Crippen molar-refractivity contribution < 1.29 is 4.74 Å². The average molecular weight is 252 g/mol. The summed E-state index contributed by atoms with van der Waals surface area (Å²) in [6, 6.07) is 8.03. The molecule has 0 spiro atoms. The number of rotatable bonds is 2. The summed E-state index contributed by atoms with van der Waals surface area (Å²) in [5.41, 5.74) is 2.15. The lowest BCUT2D eigenvalue weighted by molar-refractivity contribution is 0.415. The zero-order valence-corrected chi connectivity index (χ0v) is 9.41. The maximum atomic E-state index is 5.13. The number of fused-ring (bicyclic) bond motifs is 1. The van der Waals surface area contributed by atoms with Crippen LogP contribution in [0.2, 0.25) is 0 Å². The van der Waals surface area contributed by atoms with Crippen molar-refractivity contribution in [3.8, 4) is 5.75 Å². The minimum absolute atomic E-state index is 0.835. The number of hydrogen-bond donors (Lipinski definition) is 0. The first kappa shape index (κ1) is 9.46. The van der Waals surface area contributed by atoms with E-state index in [1.807, 2.05) is 24.4 Å². The SMILES string of the molecule is COc1ccc2cc(CBr)cnc2c1. The van der Waals surface area contributed by atoms with E-state index in [0.29, 0.717) is 0 Å². The number of aromatic nitrogens is 1. The van der Waals surface area contributed by atoms with Gasteiger partial charge in [0.1, 0.15) is 5.75 Å². The number of halogens is 1. The van der Waals surface area contributed by atoms with Crippen LogP contribution in [0.4, 0.5) is 0 Å². The summed E-state index contributed by atoms with van der Waals surface area (Å²) in [6.07, 6.45) is 1.87. The minimum atomic E-state index is 0.835. The summed E-state index contributed by atoms with van der Waals surface area (Å²) < 4.78 is 5.13. The zero-order valence-electron chi connectivity index (χ0n) is 7.83. The normalized spacial score (nSPS) is 10.4. The standard InChI is InChI=1S/C11H10BrNO/c1-14-10-3-2-9-4-8(6-12)7-13-11(9)5-10/h2-5,7H,6H2,1H3. The first-order chi connectivity index (χ1) is 6.83. The Morgan fingerprint density at radius 1 is 1.36 bits per heavy atom. The van der Waals surface area contributed by atoms with Gasteiger partial charge in [0.25, 0.3) is 0 Å². The molecule has 0 unspecified atom stereocenters. The van der Waals surface area contributed by atoms with Gasteiger partial charge in [0.05, 0.1) is 12.6 Å². The highest BCUT2D eigenvalue weighted by atomic mass is 79.9. The predicted molar refractivity (Wildman–Crippen MR) is 60.9 cm³/mol. The highest BCUT2D eigenvalue weighted by Gasteiger charge is 1.98. The molecule has 1 aromatic carbocycles. The van der Waals surface area contributed by atoms with Crippen LogP contribution in [0.1, 0.15) is 5.56 Å². The number of methoxy groups -OCH3 is 1. The molecule has 0 N–H and O–H groups in total. The lowest BCUT2D eigenvalue weighted by Gasteiger charge is -2.02. The molecule has 0 radical (unpaired) electrons. The lowest BCUT2D eigenvalue weighted by Crippen LogP contribution is -1.86. The Hall–Kier alpha value is -1.09. The monoisotopic (exact) mass is 251 g/mol. The van der Waals surface area contributed by atoms with E-state index in [1.54, 1.807) is 7.11 Å². The number of nitrogens with zero attached hydrogens (tertiary/aromatic N) is 1. The van der Waals surface area contributed by atoms with Gasteiger partial charge < -0.3 is 4.74 Å². The summed E-state index contributed by atoms with van der Waals surface area (Å²) in [5, 5.41) is 1.98. The van der Waals surface area contributed by atoms with Gasteiger partial charge in [0.2, 0.25) is 0 Å². The van der Waals surface area contributed by atoms with Crippen LogP contribution in [0, 0.1) is 0 Å². The molecule has 2 aromatic rings. The average Bonchev–Trinajstić information content (AvgIpc) is 2.27. The second kappa shape index (κ2) is 3.96. The van der Waals surface area contributed by atoms with Gasteiger partial charge >= 0.3 is 0 Å². The van der Waals surface area contributed by atoms with Crippen LogP contribution in [0.15, 0.2) is 30.5 Å². The van der Waals surface area contributed by atoms with E-state index in [1.165, 1.54) is 5.56 Å². The van der Waals surface area contributed by atoms with Gasteiger partial charge in [-0.3, -0.25) is 4.98 Å². The van der Waals surface area contributed by atoms with Gasteiger partial charge in [-0.15, -0.1) is 0 Å². The third-order valence-corrected chi connectivity index (χ3v) is 2.75. The molecule has 0 aliphatic heterocycles. The van der Waals surface area contributed by atoms with Crippen molar-refractivity contribution in [2.75, 3.05) is 7.11 Å². The zero-order chi connectivity index (χ0) is 9.97. The summed E-state index contributed by atoms with van der Waals surface area (Å²) >= 11 is 3.41. The highest BCUT2D eigenvalue weighted by molar-refractivity contribution is 9.08. The van der Waals surface area contributed by atoms with Crippen molar-refractivity contribution in [2.24, 2.45) is 0 Å². The third-order valence-electron chi connectivity index (χ3n) is 2.10. The molecule has 3 heteroatoms. The van der Waals surface area contributed by atoms with Gasteiger partial charge in [0, 0.05) is 23.0 Å². The summed E-state index contributed by atoms with van der Waals surface area (Å²) in [4.78, 5) is 4.35. The van der Waals surface area contributed by atoms with E-state index in [0.717, 1.165) is 22.0 Å². The Morgan fingerprint density at radius 3 is 2.93 bits per heavy atom. The Bertz CT molecular complexity index is 413. The summed E-state index contributed by atoms with van der Waals surface area (Å²) in [6.45, 7) is 0. The third kappa shape index (κ3) is 1.73. The van der Waals surface area contributed by atoms with Crippen molar-refractivity contribution in [1.29, 1.82) is 0 Å². The second-order valence-electron chi connectivity index (χ2n) is 3.04. The van der Waals surface area contributed by atoms with E-state index in [4.69, 9.17) is 4.74 Å². The van der Waals surface area contributed by atoms with Crippen molar-refractivity contribution in [3.05, 3.63) is 36.0 Å². The van der Waals surface area contributed by atoms with Gasteiger partial charge in [-0.2, -0.15) is 0 Å². The Labute approximate surface area is 91.0 Å². The first-order valence-electron chi connectivity index (χ1n) is 4.32. The Kier molecular flexibility index (Phi) is 2.68. The smallest absolute Gasteiger partial charge is 0.121 e. The molecule has 0 aliphatic carbocycles. The topological polar surface area (TPSA) is 22.1 Å². The molecule has 1 heterocycles. The van der Waals surface area contributed by atoms with Crippen LogP contribution >= 0.6 is 15.9 Å². The lowest BCUT2D eigenvalue weighted by atomic mass is 10.2. The van der Waals surface area contributed by atoms with Crippen LogP contribution in [0.5, 0.6) is 5.75 Å². The van der Waals surface area contributed by atoms with E-state index >= 15 is 0 Å². The highest BCUT2D eigenvalue weighted by Crippen LogP contribution is 2.20. The number of ether oxygens (including phenoxy) is 1. The molecule has 2 rings (SSSR count). The fraction of sp³-hybridized carbons (Fsp3) is 0.182. The van der Waals surface area contributed by atoms with E-state index in [9.17, 15) is 0 Å². The minimum Gasteiger partial charge on any atom is -0.497 e. The molecule has 14 heavy (non-hydrogen) atoms. The molecule has 0 fully saturated rings. The van der Waals surface area contributed by atoms with Crippen molar-refractivity contribution in [1.82, 2.24) is 4.98 Å². The Morgan fingerprint density at radius 2 is 2.21 bits per heavy atom. The number of hydrogen-bond acceptors (Lipinski definition) is 2. The molecule has 72 valence electrons. The van der Waals surface area contributed by atoms with E-state index < -0.39 is 0 Å². The van der Waals surface area contributed by atoms with Gasteiger partial charge in [-0.05, 0) is 23.8 Å². The summed E-state index contributed by atoms with van der Waals surface area (Å²) in [7, 11) is 1.66. The van der Waals surface area contributed by atoms with Crippen molar-refractivity contribution >= 4 is 26.8 Å². The molecule has 0 saturated carbocycles. The molecular formula is C11H10BrNO. The van der Waals surface area contributed by atoms with E-state index in [2.05, 4.69) is 27.0 Å². The van der Waals surface area contributed by atoms with E-state index in [-0.39, 0.29) is 0 Å². The molecule has 1 aromatic heterocycles. The largest absolute Gasteiger partial charge is 0.497 e. The Balaban J connectivity index is 2.57. The molecule has 0 atom stereocenters. The van der Waals surface area contributed by atoms with Crippen LogP contribution < -0.4 is 4.74 Å². The first-order valence-corrected chi connectivity index (χ1v) is 5.44. The molecular weight excluding hydrogens is 242 g/mol. The van der Waals surface area contributed by atoms with Crippen LogP contribution in [0.25, 0.3) is 10.9 Å². The predicted octanol–water partition coefficient (Wildman–Crippen LogP) is 3.14. The molecule has 2 nitrogen and oxygen atoms in total. The maximum absolute atomic E-state index is 5.13. The van der Waals surface area contributed by atoms with Crippen LogP contribution in [-0.4, -0.2) is 12.1 Å². The quantitative estimate of drug-likeness (QED) is 0.766. The fourth-order valence-electron chi connectivity index (χ4n) is 1.35. The van der Waals surface area contributed by atoms with Crippen LogP contribution in [-0.2, 0) is 5.33 Å².